The number of benzene rings is 1. The summed E-state index contributed by atoms with van der Waals surface area (Å²) in [5.74, 6) is 0.568. The van der Waals surface area contributed by atoms with E-state index in [0.29, 0.717) is 18.9 Å². The van der Waals surface area contributed by atoms with E-state index < -0.39 is 11.7 Å². The van der Waals surface area contributed by atoms with Crippen molar-refractivity contribution in [2.24, 2.45) is 5.92 Å². The number of nitrogens with zero attached hydrogens (tertiary/aromatic N) is 1. The van der Waals surface area contributed by atoms with Crippen LogP contribution in [0.1, 0.15) is 44.2 Å². The van der Waals surface area contributed by atoms with Gasteiger partial charge in [-0.15, -0.1) is 0 Å². The van der Waals surface area contributed by atoms with Crippen LogP contribution in [0.3, 0.4) is 0 Å². The van der Waals surface area contributed by atoms with Crippen LogP contribution in [0.15, 0.2) is 24.3 Å². The molecule has 0 aliphatic carbocycles. The lowest BCUT2D eigenvalue weighted by Crippen LogP contribution is -2.50. The Morgan fingerprint density at radius 3 is 2.46 bits per heavy atom. The number of amides is 1. The number of piperidine rings is 1. The lowest BCUT2D eigenvalue weighted by molar-refractivity contribution is -0.137. The summed E-state index contributed by atoms with van der Waals surface area (Å²) in [6.45, 7) is 6.03. The van der Waals surface area contributed by atoms with Gasteiger partial charge in [0.2, 0.25) is 5.91 Å². The van der Waals surface area contributed by atoms with E-state index in [0.717, 1.165) is 43.6 Å². The lowest BCUT2D eigenvalue weighted by atomic mass is 9.89. The van der Waals surface area contributed by atoms with Crippen LogP contribution in [0.4, 0.5) is 13.2 Å². The molecule has 0 aromatic heterocycles. The van der Waals surface area contributed by atoms with Crippen LogP contribution in [-0.2, 0) is 17.5 Å². The van der Waals surface area contributed by atoms with Gasteiger partial charge < -0.3 is 10.2 Å². The smallest absolute Gasteiger partial charge is 0.342 e. The van der Waals surface area contributed by atoms with E-state index in [1.54, 1.807) is 0 Å². The monoisotopic (exact) mass is 342 g/mol. The van der Waals surface area contributed by atoms with Gasteiger partial charge >= 0.3 is 6.18 Å². The van der Waals surface area contributed by atoms with Gasteiger partial charge in [0.15, 0.2) is 0 Å². The number of rotatable bonds is 5. The second-order valence-electron chi connectivity index (χ2n) is 6.33. The van der Waals surface area contributed by atoms with Gasteiger partial charge in [-0.1, -0.05) is 32.4 Å². The Bertz CT molecular complexity index is 542. The van der Waals surface area contributed by atoms with Crippen LogP contribution >= 0.6 is 0 Å². The first-order valence-corrected chi connectivity index (χ1v) is 8.52. The summed E-state index contributed by atoms with van der Waals surface area (Å²) in [6.07, 6.45) is -1.92. The third kappa shape index (κ3) is 4.72. The lowest BCUT2D eigenvalue weighted by Gasteiger charge is -2.38. The summed E-state index contributed by atoms with van der Waals surface area (Å²) in [6, 6.07) is 5.57. The van der Waals surface area contributed by atoms with E-state index in [2.05, 4.69) is 12.2 Å². The second-order valence-corrected chi connectivity index (χ2v) is 6.33. The summed E-state index contributed by atoms with van der Waals surface area (Å²) in [4.78, 5) is 13.8. The molecule has 1 fully saturated rings. The Morgan fingerprint density at radius 1 is 1.25 bits per heavy atom. The summed E-state index contributed by atoms with van der Waals surface area (Å²) in [5, 5.41) is 3.46. The average molecular weight is 342 g/mol. The molecule has 2 rings (SSSR count). The fourth-order valence-electron chi connectivity index (χ4n) is 3.23. The molecule has 1 heterocycles. The summed E-state index contributed by atoms with van der Waals surface area (Å²) in [7, 11) is 0. The maximum absolute atomic E-state index is 12.6. The maximum atomic E-state index is 12.6. The van der Waals surface area contributed by atoms with Gasteiger partial charge in [-0.3, -0.25) is 4.79 Å². The third-order valence-corrected chi connectivity index (χ3v) is 4.76. The molecule has 1 aromatic carbocycles. The van der Waals surface area contributed by atoms with Gasteiger partial charge in [0.05, 0.1) is 5.56 Å². The molecular weight excluding hydrogens is 317 g/mol. The van der Waals surface area contributed by atoms with Gasteiger partial charge in [-0.25, -0.2) is 0 Å². The molecule has 0 saturated carbocycles. The molecular formula is C18H25F3N2O. The standard InChI is InChI=1S/C18H25F3N2O/c1-3-14-12-23(17(24)4-2)10-9-16(14)22-11-13-5-7-15(8-6-13)18(19,20)21/h5-8,14,16,22H,3-4,9-12H2,1-2H3/t14-,16-/m1/s1. The minimum absolute atomic E-state index is 0.189. The Hall–Kier alpha value is -1.56. The number of hydrogen-bond acceptors (Lipinski definition) is 2. The van der Waals surface area contributed by atoms with Gasteiger partial charge in [0.1, 0.15) is 0 Å². The number of hydrogen-bond donors (Lipinski definition) is 1. The predicted molar refractivity (Wildman–Crippen MR) is 87.3 cm³/mol. The summed E-state index contributed by atoms with van der Waals surface area (Å²) in [5.41, 5.74) is 0.217. The fourth-order valence-corrected chi connectivity index (χ4v) is 3.23. The number of nitrogens with one attached hydrogen (secondary N) is 1. The minimum Gasteiger partial charge on any atom is -0.342 e. The number of likely N-dealkylation sites (tertiary alicyclic amines) is 1. The van der Waals surface area contributed by atoms with Crippen LogP contribution < -0.4 is 5.32 Å². The molecule has 0 spiro atoms. The summed E-state index contributed by atoms with van der Waals surface area (Å²) >= 11 is 0. The average Bonchev–Trinajstić information content (AvgIpc) is 2.58. The first kappa shape index (κ1) is 18.8. The maximum Gasteiger partial charge on any atom is 0.416 e. The van der Waals surface area contributed by atoms with Crippen molar-refractivity contribution in [3.05, 3.63) is 35.4 Å². The number of carbonyl (C=O) groups excluding carboxylic acids is 1. The highest BCUT2D eigenvalue weighted by molar-refractivity contribution is 5.75. The number of alkyl halides is 3. The molecule has 1 aliphatic rings. The first-order chi connectivity index (χ1) is 11.3. The first-order valence-electron chi connectivity index (χ1n) is 8.52. The van der Waals surface area contributed by atoms with Crippen molar-refractivity contribution in [1.29, 1.82) is 0 Å². The van der Waals surface area contributed by atoms with Crippen molar-refractivity contribution in [3.8, 4) is 0 Å². The van der Waals surface area contributed by atoms with Gasteiger partial charge in [-0.2, -0.15) is 13.2 Å². The van der Waals surface area contributed by atoms with Gasteiger partial charge in [-0.05, 0) is 30.0 Å². The zero-order valence-corrected chi connectivity index (χ0v) is 14.2. The Morgan fingerprint density at radius 2 is 1.92 bits per heavy atom. The fraction of sp³-hybridized carbons (Fsp3) is 0.611. The molecule has 0 radical (unpaired) electrons. The predicted octanol–water partition coefficient (Wildman–Crippen LogP) is 3.83. The highest BCUT2D eigenvalue weighted by Gasteiger charge is 2.31. The number of halogens is 3. The highest BCUT2D eigenvalue weighted by atomic mass is 19.4. The second kappa shape index (κ2) is 8.01. The largest absolute Gasteiger partial charge is 0.416 e. The van der Waals surface area contributed by atoms with Crippen molar-refractivity contribution in [2.45, 2.75) is 51.9 Å². The molecule has 1 N–H and O–H groups in total. The molecule has 1 aliphatic heterocycles. The molecule has 1 saturated heterocycles. The minimum atomic E-state index is -4.29. The highest BCUT2D eigenvalue weighted by Crippen LogP contribution is 2.29. The van der Waals surface area contributed by atoms with E-state index >= 15 is 0 Å². The Kier molecular flexibility index (Phi) is 6.27. The van der Waals surface area contributed by atoms with E-state index in [1.807, 2.05) is 11.8 Å². The molecule has 3 nitrogen and oxygen atoms in total. The summed E-state index contributed by atoms with van der Waals surface area (Å²) < 4.78 is 37.7. The third-order valence-electron chi connectivity index (χ3n) is 4.76. The van der Waals surface area contributed by atoms with Crippen LogP contribution in [0.5, 0.6) is 0 Å². The number of carbonyl (C=O) groups is 1. The van der Waals surface area contributed by atoms with Crippen molar-refractivity contribution in [2.75, 3.05) is 13.1 Å². The van der Waals surface area contributed by atoms with E-state index in [4.69, 9.17) is 0 Å². The zero-order chi connectivity index (χ0) is 17.7. The van der Waals surface area contributed by atoms with E-state index in [9.17, 15) is 18.0 Å². The van der Waals surface area contributed by atoms with E-state index in [1.165, 1.54) is 12.1 Å². The Labute approximate surface area is 141 Å². The normalized spacial score (nSPS) is 21.8. The zero-order valence-electron chi connectivity index (χ0n) is 14.2. The van der Waals surface area contributed by atoms with Crippen molar-refractivity contribution >= 4 is 5.91 Å². The molecule has 0 bridgehead atoms. The van der Waals surface area contributed by atoms with Crippen molar-refractivity contribution in [3.63, 3.8) is 0 Å². The molecule has 2 atom stereocenters. The Balaban J connectivity index is 1.90. The van der Waals surface area contributed by atoms with Gasteiger partial charge in [0, 0.05) is 32.1 Å². The molecule has 1 amide bonds. The van der Waals surface area contributed by atoms with Crippen LogP contribution in [-0.4, -0.2) is 29.9 Å². The SMILES string of the molecule is CCC(=O)N1CC[C@@H](NCc2ccc(C(F)(F)F)cc2)[C@H](CC)C1. The van der Waals surface area contributed by atoms with Crippen LogP contribution in [0.2, 0.25) is 0 Å². The molecule has 6 heteroatoms. The molecule has 1 aromatic rings. The van der Waals surface area contributed by atoms with Gasteiger partial charge in [0.25, 0.3) is 0 Å². The topological polar surface area (TPSA) is 32.3 Å². The van der Waals surface area contributed by atoms with Crippen molar-refractivity contribution in [1.82, 2.24) is 10.2 Å². The quantitative estimate of drug-likeness (QED) is 0.882. The van der Waals surface area contributed by atoms with E-state index in [-0.39, 0.29) is 11.9 Å². The van der Waals surface area contributed by atoms with Crippen molar-refractivity contribution < 1.29 is 18.0 Å². The van der Waals surface area contributed by atoms with Crippen LogP contribution in [0.25, 0.3) is 0 Å². The molecule has 0 unspecified atom stereocenters. The molecule has 134 valence electrons. The molecule has 24 heavy (non-hydrogen) atoms. The van der Waals surface area contributed by atoms with Crippen LogP contribution in [0, 0.1) is 5.92 Å².